The first-order chi connectivity index (χ1) is 10.0. The van der Waals surface area contributed by atoms with Crippen LogP contribution in [0.25, 0.3) is 0 Å². The number of nitrogens with one attached hydrogen (secondary N) is 1. The number of anilines is 1. The maximum atomic E-state index is 13.9. The first-order valence-electron chi connectivity index (χ1n) is 6.07. The van der Waals surface area contributed by atoms with E-state index in [4.69, 9.17) is 11.6 Å². The van der Waals surface area contributed by atoms with Crippen molar-refractivity contribution in [2.75, 3.05) is 12.4 Å². The van der Waals surface area contributed by atoms with Crippen molar-refractivity contribution >= 4 is 23.3 Å². The molecule has 0 atom stereocenters. The molecule has 0 radical (unpaired) electrons. The molecule has 21 heavy (non-hydrogen) atoms. The largest absolute Gasteiger partial charge is 0.465 e. The number of carbonyl (C=O) groups excluding carboxylic acids is 1. The van der Waals surface area contributed by atoms with Gasteiger partial charge in [0.15, 0.2) is 11.6 Å². The molecule has 0 unspecified atom stereocenters. The van der Waals surface area contributed by atoms with E-state index in [1.807, 2.05) is 0 Å². The molecule has 0 aliphatic heterocycles. The second-order valence-corrected chi connectivity index (χ2v) is 4.70. The van der Waals surface area contributed by atoms with Crippen LogP contribution in [0.4, 0.5) is 14.5 Å². The minimum absolute atomic E-state index is 0.0415. The smallest absolute Gasteiger partial charge is 0.340 e. The maximum Gasteiger partial charge on any atom is 0.340 e. The molecule has 0 aromatic heterocycles. The molecule has 6 heteroatoms. The summed E-state index contributed by atoms with van der Waals surface area (Å²) in [7, 11) is 1.10. The Labute approximate surface area is 125 Å². The summed E-state index contributed by atoms with van der Waals surface area (Å²) in [5.74, 6) is -3.29. The summed E-state index contributed by atoms with van der Waals surface area (Å²) in [6.45, 7) is 0.272. The van der Waals surface area contributed by atoms with E-state index in [0.717, 1.165) is 12.7 Å². The number of carbonyl (C=O) groups is 1. The van der Waals surface area contributed by atoms with Crippen LogP contribution in [0.5, 0.6) is 0 Å². The van der Waals surface area contributed by atoms with Crippen molar-refractivity contribution in [2.24, 2.45) is 0 Å². The SMILES string of the molecule is COC(=O)c1ccc(NCc2cccc(Cl)c2)c(F)c1F. The highest BCUT2D eigenvalue weighted by atomic mass is 35.5. The zero-order valence-corrected chi connectivity index (χ0v) is 11.9. The Bertz CT molecular complexity index is 677. The van der Waals surface area contributed by atoms with Gasteiger partial charge >= 0.3 is 5.97 Å². The summed E-state index contributed by atoms with van der Waals surface area (Å²) in [6.07, 6.45) is 0. The molecule has 0 aliphatic carbocycles. The summed E-state index contributed by atoms with van der Waals surface area (Å²) in [5, 5.41) is 3.31. The second kappa shape index (κ2) is 6.54. The topological polar surface area (TPSA) is 38.3 Å². The van der Waals surface area contributed by atoms with E-state index in [1.165, 1.54) is 12.1 Å². The summed E-state index contributed by atoms with van der Waals surface area (Å²) in [6, 6.07) is 9.45. The molecular weight excluding hydrogens is 300 g/mol. The number of hydrogen-bond donors (Lipinski definition) is 1. The molecular formula is C15H12ClF2NO2. The van der Waals surface area contributed by atoms with Gasteiger partial charge in [-0.15, -0.1) is 0 Å². The highest BCUT2D eigenvalue weighted by Crippen LogP contribution is 2.22. The number of ether oxygens (including phenoxy) is 1. The highest BCUT2D eigenvalue weighted by molar-refractivity contribution is 6.30. The Hall–Kier alpha value is -2.14. The Kier molecular flexibility index (Phi) is 4.75. The van der Waals surface area contributed by atoms with Crippen molar-refractivity contribution in [3.63, 3.8) is 0 Å². The third kappa shape index (κ3) is 3.49. The lowest BCUT2D eigenvalue weighted by Gasteiger charge is -2.10. The average Bonchev–Trinajstić information content (AvgIpc) is 2.48. The van der Waals surface area contributed by atoms with Gasteiger partial charge < -0.3 is 10.1 Å². The lowest BCUT2D eigenvalue weighted by molar-refractivity contribution is 0.0594. The third-order valence-corrected chi connectivity index (χ3v) is 3.09. The summed E-state index contributed by atoms with van der Waals surface area (Å²) < 4.78 is 32.0. The molecule has 1 N–H and O–H groups in total. The van der Waals surface area contributed by atoms with Crippen molar-refractivity contribution in [3.05, 3.63) is 64.2 Å². The van der Waals surface area contributed by atoms with E-state index in [9.17, 15) is 13.6 Å². The Morgan fingerprint density at radius 3 is 2.67 bits per heavy atom. The van der Waals surface area contributed by atoms with Crippen LogP contribution in [0.2, 0.25) is 5.02 Å². The van der Waals surface area contributed by atoms with Crippen LogP contribution in [0.15, 0.2) is 36.4 Å². The van der Waals surface area contributed by atoms with E-state index in [0.29, 0.717) is 5.02 Å². The molecule has 0 heterocycles. The molecule has 0 saturated carbocycles. The molecule has 2 aromatic carbocycles. The molecule has 110 valence electrons. The molecule has 0 aliphatic rings. The zero-order valence-electron chi connectivity index (χ0n) is 11.1. The van der Waals surface area contributed by atoms with Gasteiger partial charge in [-0.3, -0.25) is 0 Å². The fourth-order valence-corrected chi connectivity index (χ4v) is 2.01. The summed E-state index contributed by atoms with van der Waals surface area (Å²) in [4.78, 5) is 11.3. The van der Waals surface area contributed by atoms with E-state index < -0.39 is 23.2 Å². The van der Waals surface area contributed by atoms with E-state index >= 15 is 0 Å². The Morgan fingerprint density at radius 1 is 1.24 bits per heavy atom. The van der Waals surface area contributed by atoms with Crippen molar-refractivity contribution < 1.29 is 18.3 Å². The van der Waals surface area contributed by atoms with Crippen LogP contribution in [-0.4, -0.2) is 13.1 Å². The van der Waals surface area contributed by atoms with Gasteiger partial charge in [0.05, 0.1) is 18.4 Å². The lowest BCUT2D eigenvalue weighted by Crippen LogP contribution is -2.09. The molecule has 3 nitrogen and oxygen atoms in total. The molecule has 0 spiro atoms. The molecule has 0 bridgehead atoms. The van der Waals surface area contributed by atoms with Gasteiger partial charge in [0.2, 0.25) is 0 Å². The second-order valence-electron chi connectivity index (χ2n) is 4.26. The zero-order chi connectivity index (χ0) is 15.4. The third-order valence-electron chi connectivity index (χ3n) is 2.86. The van der Waals surface area contributed by atoms with Gasteiger partial charge in [0.25, 0.3) is 0 Å². The molecule has 2 rings (SSSR count). The normalized spacial score (nSPS) is 10.3. The Balaban J connectivity index is 2.18. The number of halogens is 3. The van der Waals surface area contributed by atoms with Gasteiger partial charge in [0.1, 0.15) is 0 Å². The van der Waals surface area contributed by atoms with E-state index in [1.54, 1.807) is 24.3 Å². The fraction of sp³-hybridized carbons (Fsp3) is 0.133. The number of hydrogen-bond acceptors (Lipinski definition) is 3. The number of methoxy groups -OCH3 is 1. The van der Waals surface area contributed by atoms with Crippen molar-refractivity contribution in [2.45, 2.75) is 6.54 Å². The van der Waals surface area contributed by atoms with Gasteiger partial charge in [-0.25, -0.2) is 13.6 Å². The number of esters is 1. The van der Waals surface area contributed by atoms with Crippen molar-refractivity contribution in [1.29, 1.82) is 0 Å². The van der Waals surface area contributed by atoms with Crippen molar-refractivity contribution in [1.82, 2.24) is 0 Å². The van der Waals surface area contributed by atoms with Gasteiger partial charge in [0, 0.05) is 11.6 Å². The predicted molar refractivity (Wildman–Crippen MR) is 76.5 cm³/mol. The van der Waals surface area contributed by atoms with Gasteiger partial charge in [-0.1, -0.05) is 23.7 Å². The highest BCUT2D eigenvalue weighted by Gasteiger charge is 2.18. The van der Waals surface area contributed by atoms with Gasteiger partial charge in [-0.05, 0) is 29.8 Å². The first kappa shape index (κ1) is 15.3. The quantitative estimate of drug-likeness (QED) is 0.867. The van der Waals surface area contributed by atoms with Gasteiger partial charge in [-0.2, -0.15) is 0 Å². The van der Waals surface area contributed by atoms with Crippen LogP contribution in [-0.2, 0) is 11.3 Å². The van der Waals surface area contributed by atoms with Crippen LogP contribution in [0.1, 0.15) is 15.9 Å². The van der Waals surface area contributed by atoms with Crippen LogP contribution < -0.4 is 5.32 Å². The predicted octanol–water partition coefficient (Wildman–Crippen LogP) is 4.02. The van der Waals surface area contributed by atoms with E-state index in [2.05, 4.69) is 10.1 Å². The monoisotopic (exact) mass is 311 g/mol. The Morgan fingerprint density at radius 2 is 2.00 bits per heavy atom. The molecule has 0 fully saturated rings. The van der Waals surface area contributed by atoms with Crippen LogP contribution in [0, 0.1) is 11.6 Å². The first-order valence-corrected chi connectivity index (χ1v) is 6.45. The molecule has 2 aromatic rings. The van der Waals surface area contributed by atoms with Crippen LogP contribution in [0.3, 0.4) is 0 Å². The number of rotatable bonds is 4. The molecule has 0 amide bonds. The lowest BCUT2D eigenvalue weighted by atomic mass is 10.1. The molecule has 0 saturated heterocycles. The minimum atomic E-state index is -1.24. The minimum Gasteiger partial charge on any atom is -0.465 e. The number of benzene rings is 2. The average molecular weight is 312 g/mol. The standard InChI is InChI=1S/C15H12ClF2NO2/c1-21-15(20)11-5-6-12(14(18)13(11)17)19-8-9-3-2-4-10(16)7-9/h2-7,19H,8H2,1H3. The maximum absolute atomic E-state index is 13.9. The van der Waals surface area contributed by atoms with Crippen molar-refractivity contribution in [3.8, 4) is 0 Å². The summed E-state index contributed by atoms with van der Waals surface area (Å²) in [5.41, 5.74) is 0.336. The van der Waals surface area contributed by atoms with E-state index in [-0.39, 0.29) is 12.2 Å². The summed E-state index contributed by atoms with van der Waals surface area (Å²) >= 11 is 5.84. The fourth-order valence-electron chi connectivity index (χ4n) is 1.80. The van der Waals surface area contributed by atoms with Crippen LogP contribution >= 0.6 is 11.6 Å².